The van der Waals surface area contributed by atoms with Crippen LogP contribution >= 0.6 is 11.3 Å². The lowest BCUT2D eigenvalue weighted by molar-refractivity contribution is -0.901. The van der Waals surface area contributed by atoms with Gasteiger partial charge in [0.05, 0.1) is 18.0 Å². The summed E-state index contributed by atoms with van der Waals surface area (Å²) in [5.41, 5.74) is 3.55. The monoisotopic (exact) mass is 420 g/mol. The van der Waals surface area contributed by atoms with Crippen molar-refractivity contribution in [3.05, 3.63) is 87.6 Å². The van der Waals surface area contributed by atoms with Gasteiger partial charge in [0.15, 0.2) is 0 Å². The fourth-order valence-electron chi connectivity index (χ4n) is 3.74. The Labute approximate surface area is 180 Å². The van der Waals surface area contributed by atoms with Crippen LogP contribution in [0.25, 0.3) is 0 Å². The minimum atomic E-state index is -0.168. The minimum Gasteiger partial charge on any atom is -0.348 e. The molecule has 1 aliphatic heterocycles. The number of benzene rings is 2. The largest absolute Gasteiger partial charge is 0.348 e. The molecule has 5 nitrogen and oxygen atoms in total. The molecule has 1 fully saturated rings. The first-order chi connectivity index (χ1) is 14.7. The first-order valence-corrected chi connectivity index (χ1v) is 11.2. The van der Waals surface area contributed by atoms with Crippen LogP contribution in [0.4, 0.5) is 5.69 Å². The smallest absolute Gasteiger partial charge is 0.265 e. The molecule has 4 rings (SSSR count). The first kappa shape index (κ1) is 20.3. The van der Waals surface area contributed by atoms with E-state index >= 15 is 0 Å². The third kappa shape index (κ3) is 5.34. The van der Waals surface area contributed by atoms with Gasteiger partial charge in [-0.3, -0.25) is 9.59 Å². The van der Waals surface area contributed by atoms with E-state index in [1.807, 2.05) is 11.4 Å². The molecule has 0 atom stereocenters. The predicted octanol–water partition coefficient (Wildman–Crippen LogP) is 3.11. The van der Waals surface area contributed by atoms with Crippen LogP contribution in [-0.4, -0.2) is 24.9 Å². The Balaban J connectivity index is 1.31. The number of anilines is 1. The Morgan fingerprint density at radius 1 is 0.900 bits per heavy atom. The Kier molecular flexibility index (Phi) is 6.57. The molecule has 0 saturated carbocycles. The van der Waals surface area contributed by atoms with E-state index in [0.717, 1.165) is 12.1 Å². The van der Waals surface area contributed by atoms with Gasteiger partial charge in [-0.05, 0) is 35.2 Å². The van der Waals surface area contributed by atoms with Crippen molar-refractivity contribution < 1.29 is 14.5 Å². The summed E-state index contributed by atoms with van der Waals surface area (Å²) in [4.78, 5) is 27.1. The summed E-state index contributed by atoms with van der Waals surface area (Å²) in [7, 11) is 0. The molecule has 1 aliphatic rings. The number of hydrogen-bond donors (Lipinski definition) is 3. The molecule has 3 N–H and O–H groups in total. The molecule has 30 heavy (non-hydrogen) atoms. The number of nitrogens with one attached hydrogen (secondary N) is 3. The summed E-state index contributed by atoms with van der Waals surface area (Å²) in [5.74, 6) is -0.328. The molecule has 0 bridgehead atoms. The van der Waals surface area contributed by atoms with E-state index in [1.54, 1.807) is 35.2 Å². The third-order valence-electron chi connectivity index (χ3n) is 5.37. The molecule has 1 aromatic heterocycles. The van der Waals surface area contributed by atoms with Crippen molar-refractivity contribution in [2.75, 3.05) is 18.4 Å². The van der Waals surface area contributed by atoms with Gasteiger partial charge in [0.2, 0.25) is 0 Å². The zero-order chi connectivity index (χ0) is 20.8. The summed E-state index contributed by atoms with van der Waals surface area (Å²) in [6, 6.07) is 19.1. The Morgan fingerprint density at radius 3 is 2.40 bits per heavy atom. The van der Waals surface area contributed by atoms with E-state index in [0.29, 0.717) is 22.7 Å². The van der Waals surface area contributed by atoms with Crippen LogP contribution < -0.4 is 15.5 Å². The first-order valence-electron chi connectivity index (χ1n) is 10.3. The second-order valence-corrected chi connectivity index (χ2v) is 8.59. The fraction of sp³-hybridized carbons (Fsp3) is 0.250. The Bertz CT molecular complexity index is 994. The minimum absolute atomic E-state index is 0.159. The van der Waals surface area contributed by atoms with Crippen molar-refractivity contribution in [2.45, 2.75) is 25.9 Å². The third-order valence-corrected chi connectivity index (χ3v) is 6.24. The number of rotatable bonds is 7. The van der Waals surface area contributed by atoms with Crippen molar-refractivity contribution in [3.63, 3.8) is 0 Å². The lowest BCUT2D eigenvalue weighted by Crippen LogP contribution is -3.08. The van der Waals surface area contributed by atoms with E-state index in [4.69, 9.17) is 0 Å². The summed E-state index contributed by atoms with van der Waals surface area (Å²) in [6.45, 7) is 4.09. The average molecular weight is 421 g/mol. The second-order valence-electron chi connectivity index (χ2n) is 7.65. The van der Waals surface area contributed by atoms with E-state index in [1.165, 1.54) is 42.8 Å². The highest BCUT2D eigenvalue weighted by Gasteiger charge is 2.15. The molecule has 0 spiro atoms. The second kappa shape index (κ2) is 9.69. The number of carbonyl (C=O) groups is 2. The van der Waals surface area contributed by atoms with E-state index in [-0.39, 0.29) is 11.8 Å². The van der Waals surface area contributed by atoms with Gasteiger partial charge < -0.3 is 15.5 Å². The molecule has 2 heterocycles. The van der Waals surface area contributed by atoms with E-state index < -0.39 is 0 Å². The predicted molar refractivity (Wildman–Crippen MR) is 120 cm³/mol. The van der Waals surface area contributed by atoms with Crippen molar-refractivity contribution in [2.24, 2.45) is 0 Å². The summed E-state index contributed by atoms with van der Waals surface area (Å²) in [5, 5.41) is 7.66. The molecule has 6 heteroatoms. The van der Waals surface area contributed by atoms with Gasteiger partial charge in [-0.1, -0.05) is 36.4 Å². The zero-order valence-corrected chi connectivity index (χ0v) is 17.6. The molecule has 0 unspecified atom stereocenters. The fourth-order valence-corrected chi connectivity index (χ4v) is 4.36. The summed E-state index contributed by atoms with van der Waals surface area (Å²) >= 11 is 1.38. The highest BCUT2D eigenvalue weighted by atomic mass is 32.1. The number of hydrogen-bond acceptors (Lipinski definition) is 3. The van der Waals surface area contributed by atoms with Crippen molar-refractivity contribution in [1.82, 2.24) is 5.32 Å². The molecule has 154 valence electrons. The van der Waals surface area contributed by atoms with Crippen LogP contribution in [0.15, 0.2) is 66.0 Å². The maximum absolute atomic E-state index is 12.6. The van der Waals surface area contributed by atoms with Gasteiger partial charge in [0.1, 0.15) is 6.54 Å². The normalized spacial score (nSPS) is 13.9. The molecule has 1 saturated heterocycles. The number of quaternary nitrogens is 1. The van der Waals surface area contributed by atoms with Crippen molar-refractivity contribution >= 4 is 28.8 Å². The van der Waals surface area contributed by atoms with Gasteiger partial charge in [-0.2, -0.15) is 0 Å². The van der Waals surface area contributed by atoms with E-state index in [9.17, 15) is 9.59 Å². The van der Waals surface area contributed by atoms with Crippen LogP contribution in [0, 0.1) is 0 Å². The van der Waals surface area contributed by atoms with Gasteiger partial charge in [0, 0.05) is 36.2 Å². The molecular formula is C24H26N3O2S+. The lowest BCUT2D eigenvalue weighted by atomic mass is 10.1. The lowest BCUT2D eigenvalue weighted by Gasteiger charge is -2.12. The van der Waals surface area contributed by atoms with Crippen LogP contribution in [0.2, 0.25) is 0 Å². The molecule has 0 radical (unpaired) electrons. The van der Waals surface area contributed by atoms with Crippen LogP contribution in [0.3, 0.4) is 0 Å². The van der Waals surface area contributed by atoms with Gasteiger partial charge in [-0.25, -0.2) is 0 Å². The van der Waals surface area contributed by atoms with Gasteiger partial charge in [-0.15, -0.1) is 11.3 Å². The standard InChI is InChI=1S/C24H25N3O2S/c28-23(20-5-3-6-21(15-20)26-24(29)22-7-4-14-30-22)25-16-18-8-10-19(11-9-18)17-27-12-1-2-13-27/h3-11,14-15H,1-2,12-13,16-17H2,(H,25,28)(H,26,29)/p+1. The Hall–Kier alpha value is -2.96. The molecule has 2 aromatic carbocycles. The average Bonchev–Trinajstić information content (AvgIpc) is 3.48. The topological polar surface area (TPSA) is 62.6 Å². The molecule has 0 aliphatic carbocycles. The molecular weight excluding hydrogens is 394 g/mol. The van der Waals surface area contributed by atoms with Crippen LogP contribution in [0.5, 0.6) is 0 Å². The summed E-state index contributed by atoms with van der Waals surface area (Å²) in [6.07, 6.45) is 2.66. The van der Waals surface area contributed by atoms with Gasteiger partial charge >= 0.3 is 0 Å². The van der Waals surface area contributed by atoms with Gasteiger partial charge in [0.25, 0.3) is 11.8 Å². The van der Waals surface area contributed by atoms with Crippen LogP contribution in [0.1, 0.15) is 44.0 Å². The molecule has 3 aromatic rings. The van der Waals surface area contributed by atoms with Crippen molar-refractivity contribution in [3.8, 4) is 0 Å². The molecule has 2 amide bonds. The number of amides is 2. The maximum Gasteiger partial charge on any atom is 0.265 e. The Morgan fingerprint density at radius 2 is 1.67 bits per heavy atom. The quantitative estimate of drug-likeness (QED) is 0.550. The van der Waals surface area contributed by atoms with Crippen LogP contribution in [-0.2, 0) is 13.1 Å². The number of likely N-dealkylation sites (tertiary alicyclic amines) is 1. The maximum atomic E-state index is 12.6. The SMILES string of the molecule is O=C(NCc1ccc(C[NH+]2CCCC2)cc1)c1cccc(NC(=O)c2cccs2)c1. The van der Waals surface area contributed by atoms with Crippen molar-refractivity contribution in [1.29, 1.82) is 0 Å². The highest BCUT2D eigenvalue weighted by Crippen LogP contribution is 2.15. The zero-order valence-electron chi connectivity index (χ0n) is 16.8. The number of carbonyl (C=O) groups excluding carboxylic acids is 2. The van der Waals surface area contributed by atoms with E-state index in [2.05, 4.69) is 34.9 Å². The highest BCUT2D eigenvalue weighted by molar-refractivity contribution is 7.12. The summed E-state index contributed by atoms with van der Waals surface area (Å²) < 4.78 is 0. The number of thiophene rings is 1.